The Hall–Kier alpha value is -2.98. The first-order chi connectivity index (χ1) is 23.7. The Kier molecular flexibility index (Phi) is 13.5. The fourth-order valence-corrected chi connectivity index (χ4v) is 6.31. The average Bonchev–Trinajstić information content (AvgIpc) is 4.07. The first kappa shape index (κ1) is 37.3. The Labute approximate surface area is 294 Å². The highest BCUT2D eigenvalue weighted by Crippen LogP contribution is 2.53. The maximum absolute atomic E-state index is 12.1. The second-order valence-corrected chi connectivity index (χ2v) is 13.7. The molecule has 3 aromatic rings. The maximum Gasteiger partial charge on any atom is 0.315 e. The van der Waals surface area contributed by atoms with Crippen molar-refractivity contribution in [3.8, 4) is 16.9 Å². The predicted octanol–water partition coefficient (Wildman–Crippen LogP) is 2.99. The zero-order valence-corrected chi connectivity index (χ0v) is 28.6. The highest BCUT2D eigenvalue weighted by molar-refractivity contribution is 7.99. The van der Waals surface area contributed by atoms with E-state index in [1.807, 2.05) is 48.7 Å². The second kappa shape index (κ2) is 17.8. The van der Waals surface area contributed by atoms with Crippen LogP contribution < -0.4 is 15.4 Å². The summed E-state index contributed by atoms with van der Waals surface area (Å²) >= 11 is 8.19. The van der Waals surface area contributed by atoms with Gasteiger partial charge in [0.25, 0.3) is 0 Å². The molecule has 0 unspecified atom stereocenters. The molecule has 0 radical (unpaired) electrons. The molecule has 49 heavy (non-hydrogen) atoms. The average molecular weight is 718 g/mol. The number of halogens is 1. The fraction of sp³-hybridized carbons (Fsp3) is 0.486. The summed E-state index contributed by atoms with van der Waals surface area (Å²) in [4.78, 5) is 17.6. The molecule has 0 aliphatic heterocycles. The zero-order valence-electron chi connectivity index (χ0n) is 27.0. The van der Waals surface area contributed by atoms with Crippen LogP contribution >= 0.6 is 23.4 Å². The lowest BCUT2D eigenvalue weighted by atomic mass is 9.96. The number of ether oxygens (including phenoxy) is 3. The summed E-state index contributed by atoms with van der Waals surface area (Å²) in [6.45, 7) is -0.317. The van der Waals surface area contributed by atoms with Crippen molar-refractivity contribution >= 4 is 29.4 Å². The Balaban J connectivity index is 1.06. The molecule has 5 rings (SSSR count). The molecule has 1 aromatic heterocycles. The van der Waals surface area contributed by atoms with Crippen LogP contribution in [0.3, 0.4) is 0 Å². The molecule has 266 valence electrons. The van der Waals surface area contributed by atoms with Gasteiger partial charge in [0.1, 0.15) is 24.1 Å². The SMILES string of the molecule is O=C(NCCOCCSc1ccc(Cl)c(COC2(c3cnccc3-c3ccccc3OC3CC3)CC2)c1)N[C@@H](CO)[C@@H](O)[C@H](O)[C@H](O)CO. The van der Waals surface area contributed by atoms with E-state index in [-0.39, 0.29) is 13.2 Å². The Morgan fingerprint density at radius 3 is 2.55 bits per heavy atom. The van der Waals surface area contributed by atoms with Crippen molar-refractivity contribution in [3.05, 3.63) is 77.1 Å². The maximum atomic E-state index is 12.1. The topological polar surface area (TPSA) is 183 Å². The van der Waals surface area contributed by atoms with E-state index in [0.717, 1.165) is 58.6 Å². The molecule has 14 heteroatoms. The number of carbonyl (C=O) groups is 1. The zero-order chi connectivity index (χ0) is 34.8. The molecule has 12 nitrogen and oxygen atoms in total. The van der Waals surface area contributed by atoms with E-state index in [4.69, 9.17) is 30.9 Å². The molecule has 0 saturated heterocycles. The number of benzene rings is 2. The van der Waals surface area contributed by atoms with Gasteiger partial charge >= 0.3 is 6.03 Å². The van der Waals surface area contributed by atoms with Crippen LogP contribution in [0, 0.1) is 0 Å². The van der Waals surface area contributed by atoms with Crippen LogP contribution in [0.2, 0.25) is 5.02 Å². The summed E-state index contributed by atoms with van der Waals surface area (Å²) in [5.74, 6) is 1.54. The lowest BCUT2D eigenvalue weighted by Gasteiger charge is -2.28. The summed E-state index contributed by atoms with van der Waals surface area (Å²) in [5.41, 5.74) is 3.61. The summed E-state index contributed by atoms with van der Waals surface area (Å²) in [5, 5.41) is 53.2. The van der Waals surface area contributed by atoms with Crippen molar-refractivity contribution in [2.45, 2.75) is 73.2 Å². The van der Waals surface area contributed by atoms with Crippen molar-refractivity contribution in [1.82, 2.24) is 15.6 Å². The van der Waals surface area contributed by atoms with Crippen LogP contribution in [-0.2, 0) is 21.7 Å². The van der Waals surface area contributed by atoms with E-state index in [1.54, 1.807) is 18.0 Å². The minimum atomic E-state index is -1.75. The molecule has 2 saturated carbocycles. The molecule has 7 N–H and O–H groups in total. The number of amides is 2. The smallest absolute Gasteiger partial charge is 0.315 e. The number of aliphatic hydroxyl groups excluding tert-OH is 5. The summed E-state index contributed by atoms with van der Waals surface area (Å²) in [7, 11) is 0. The second-order valence-electron chi connectivity index (χ2n) is 12.2. The van der Waals surface area contributed by atoms with Crippen LogP contribution in [-0.4, -0.2) is 106 Å². The van der Waals surface area contributed by atoms with Crippen LogP contribution in [0.1, 0.15) is 36.8 Å². The van der Waals surface area contributed by atoms with Crippen molar-refractivity contribution in [1.29, 1.82) is 0 Å². The van der Waals surface area contributed by atoms with Crippen molar-refractivity contribution in [2.24, 2.45) is 0 Å². The molecular formula is C35H44ClN3O9S. The standard InChI is InChI=1S/C35H44ClN3O9S/c36-28-8-7-24(49-16-15-46-14-13-38-34(45)39-29(19-40)32(43)33(44)30(42)20-41)17-22(28)21-47-35(10-11-35)27-18-37-12-9-25(27)26-3-1-2-4-31(26)48-23-5-6-23/h1-4,7-9,12,17-18,23,29-30,32-33,40-44H,5-6,10-11,13-16,19-21H2,(H2,38,39,45)/t29-,30+,32+,33+/m0/s1. The molecule has 0 bridgehead atoms. The van der Waals surface area contributed by atoms with Gasteiger partial charge in [-0.1, -0.05) is 29.8 Å². The number of nitrogens with one attached hydrogen (secondary N) is 2. The normalized spacial score (nSPS) is 17.5. The number of hydrogen-bond acceptors (Lipinski definition) is 11. The number of urea groups is 1. The van der Waals surface area contributed by atoms with Gasteiger partial charge in [0.15, 0.2) is 0 Å². The number of hydrogen-bond donors (Lipinski definition) is 7. The quantitative estimate of drug-likeness (QED) is 0.0674. The number of aromatic nitrogens is 1. The van der Waals surface area contributed by atoms with Gasteiger partial charge in [0, 0.05) is 45.7 Å². The van der Waals surface area contributed by atoms with Gasteiger partial charge in [-0.3, -0.25) is 4.98 Å². The first-order valence-electron chi connectivity index (χ1n) is 16.4. The summed E-state index contributed by atoms with van der Waals surface area (Å²) in [6.07, 6.45) is 2.90. The van der Waals surface area contributed by atoms with E-state index in [1.165, 1.54) is 0 Å². The molecule has 2 aliphatic carbocycles. The van der Waals surface area contributed by atoms with E-state index >= 15 is 0 Å². The van der Waals surface area contributed by atoms with Crippen molar-refractivity contribution < 1.29 is 44.5 Å². The lowest BCUT2D eigenvalue weighted by molar-refractivity contribution is -0.0902. The highest BCUT2D eigenvalue weighted by atomic mass is 35.5. The summed E-state index contributed by atoms with van der Waals surface area (Å²) < 4.78 is 18.5. The number of aliphatic hydroxyl groups is 5. The van der Waals surface area contributed by atoms with E-state index in [0.29, 0.717) is 30.1 Å². The monoisotopic (exact) mass is 717 g/mol. The van der Waals surface area contributed by atoms with Gasteiger partial charge in [-0.2, -0.15) is 0 Å². The number of para-hydroxylation sites is 1. The first-order valence-corrected chi connectivity index (χ1v) is 17.7. The minimum absolute atomic E-state index is 0.161. The van der Waals surface area contributed by atoms with E-state index in [2.05, 4.69) is 21.7 Å². The molecule has 4 atom stereocenters. The minimum Gasteiger partial charge on any atom is -0.490 e. The van der Waals surface area contributed by atoms with Crippen molar-refractivity contribution in [3.63, 3.8) is 0 Å². The van der Waals surface area contributed by atoms with Crippen LogP contribution in [0.25, 0.3) is 11.1 Å². The Morgan fingerprint density at radius 2 is 1.82 bits per heavy atom. The molecule has 2 aromatic carbocycles. The van der Waals surface area contributed by atoms with Crippen LogP contribution in [0.4, 0.5) is 4.79 Å². The molecule has 0 spiro atoms. The molecule has 2 amide bonds. The van der Waals surface area contributed by atoms with Crippen molar-refractivity contribution in [2.75, 3.05) is 38.7 Å². The number of rotatable bonds is 20. The van der Waals surface area contributed by atoms with Gasteiger partial charge in [0.2, 0.25) is 0 Å². The number of thioether (sulfide) groups is 1. The lowest BCUT2D eigenvalue weighted by Crippen LogP contribution is -2.56. The molecule has 1 heterocycles. The third-order valence-electron chi connectivity index (χ3n) is 8.42. The summed E-state index contributed by atoms with van der Waals surface area (Å²) in [6, 6.07) is 14.1. The number of nitrogens with zero attached hydrogens (tertiary/aromatic N) is 1. The Bertz CT molecular complexity index is 1530. The largest absolute Gasteiger partial charge is 0.490 e. The molecule has 2 fully saturated rings. The van der Waals surface area contributed by atoms with Crippen LogP contribution in [0.15, 0.2) is 65.8 Å². The van der Waals surface area contributed by atoms with E-state index in [9.17, 15) is 25.2 Å². The predicted molar refractivity (Wildman–Crippen MR) is 185 cm³/mol. The Morgan fingerprint density at radius 1 is 1.02 bits per heavy atom. The van der Waals surface area contributed by atoms with Gasteiger partial charge in [-0.25, -0.2) is 4.79 Å². The van der Waals surface area contributed by atoms with E-state index < -0.39 is 49.2 Å². The van der Waals surface area contributed by atoms with Gasteiger partial charge in [-0.05, 0) is 67.1 Å². The van der Waals surface area contributed by atoms with Gasteiger partial charge in [-0.15, -0.1) is 11.8 Å². The fourth-order valence-electron chi connectivity index (χ4n) is 5.31. The number of carbonyl (C=O) groups excluding carboxylic acids is 1. The third kappa shape index (κ3) is 10.3. The molecular weight excluding hydrogens is 674 g/mol. The van der Waals surface area contributed by atoms with Gasteiger partial charge < -0.3 is 50.4 Å². The van der Waals surface area contributed by atoms with Gasteiger partial charge in [0.05, 0.1) is 50.8 Å². The number of pyridine rings is 1. The molecule has 2 aliphatic rings. The third-order valence-corrected chi connectivity index (χ3v) is 9.74. The van der Waals surface area contributed by atoms with Crippen LogP contribution in [0.5, 0.6) is 5.75 Å². The highest BCUT2D eigenvalue weighted by Gasteiger charge is 2.48.